The van der Waals surface area contributed by atoms with Gasteiger partial charge in [0.25, 0.3) is 0 Å². The van der Waals surface area contributed by atoms with Crippen LogP contribution in [-0.2, 0) is 0 Å². The van der Waals surface area contributed by atoms with Crippen LogP contribution in [0.4, 0.5) is 0 Å². The van der Waals surface area contributed by atoms with E-state index in [0.717, 1.165) is 11.5 Å². The molecule has 1 saturated carbocycles. The Morgan fingerprint density at radius 3 is 2.91 bits per heavy atom. The molecule has 1 atom stereocenters. The Morgan fingerprint density at radius 1 is 1.36 bits per heavy atom. The first-order chi connectivity index (χ1) is 5.30. The average Bonchev–Trinajstić information content (AvgIpc) is 2.57. The summed E-state index contributed by atoms with van der Waals surface area (Å²) in [6.45, 7) is 6.64. The highest BCUT2D eigenvalue weighted by atomic mass is 15.2. The average molecular weight is 149 g/mol. The first kappa shape index (κ1) is 6.24. The van der Waals surface area contributed by atoms with Gasteiger partial charge in [0.05, 0.1) is 0 Å². The molecule has 2 aliphatic heterocycles. The van der Waals surface area contributed by atoms with Gasteiger partial charge in [0.15, 0.2) is 0 Å². The first-order valence-corrected chi connectivity index (χ1v) is 4.71. The Kier molecular flexibility index (Phi) is 0.972. The molecule has 3 rings (SSSR count). The molecular weight excluding hydrogens is 134 g/mol. The zero-order chi connectivity index (χ0) is 7.47. The molecule has 0 aromatic carbocycles. The summed E-state index contributed by atoms with van der Waals surface area (Å²) in [5.41, 5.74) is 2.26. The van der Waals surface area contributed by atoms with Crippen molar-refractivity contribution in [2.75, 3.05) is 13.1 Å². The van der Waals surface area contributed by atoms with Crippen LogP contribution in [0.15, 0.2) is 12.2 Å². The number of rotatable bonds is 0. The van der Waals surface area contributed by atoms with Crippen molar-refractivity contribution >= 4 is 0 Å². The topological polar surface area (TPSA) is 3.24 Å². The highest BCUT2D eigenvalue weighted by Gasteiger charge is 2.56. The maximum atomic E-state index is 4.09. The minimum Gasteiger partial charge on any atom is -0.296 e. The predicted molar refractivity (Wildman–Crippen MR) is 45.4 cm³/mol. The monoisotopic (exact) mass is 149 g/mol. The van der Waals surface area contributed by atoms with Crippen molar-refractivity contribution in [3.63, 3.8) is 0 Å². The van der Waals surface area contributed by atoms with Gasteiger partial charge in [0.1, 0.15) is 0 Å². The molecular formula is C10H15N. The quantitative estimate of drug-likeness (QED) is 0.475. The van der Waals surface area contributed by atoms with Crippen molar-refractivity contribution in [1.29, 1.82) is 0 Å². The number of hydrogen-bond acceptors (Lipinski definition) is 1. The largest absolute Gasteiger partial charge is 0.296 e. The van der Waals surface area contributed by atoms with Crippen LogP contribution in [0.3, 0.4) is 0 Å². The lowest BCUT2D eigenvalue weighted by Crippen LogP contribution is -2.26. The summed E-state index contributed by atoms with van der Waals surface area (Å²) in [6.07, 6.45) is 5.79. The molecule has 1 nitrogen and oxygen atoms in total. The molecule has 11 heavy (non-hydrogen) atoms. The van der Waals surface area contributed by atoms with E-state index in [-0.39, 0.29) is 0 Å². The van der Waals surface area contributed by atoms with E-state index >= 15 is 0 Å². The maximum absolute atomic E-state index is 4.09. The minimum absolute atomic E-state index is 0.791. The fourth-order valence-electron chi connectivity index (χ4n) is 2.98. The number of hydrogen-bond donors (Lipinski definition) is 0. The van der Waals surface area contributed by atoms with E-state index < -0.39 is 0 Å². The second kappa shape index (κ2) is 1.71. The summed E-state index contributed by atoms with van der Waals surface area (Å²) in [6, 6.07) is 0.912. The summed E-state index contributed by atoms with van der Waals surface area (Å²) in [4.78, 5) is 2.65. The van der Waals surface area contributed by atoms with Gasteiger partial charge in [-0.1, -0.05) is 12.2 Å². The Bertz CT molecular complexity index is 215. The van der Waals surface area contributed by atoms with Crippen molar-refractivity contribution in [3.8, 4) is 0 Å². The molecule has 0 bridgehead atoms. The molecule has 2 heterocycles. The summed E-state index contributed by atoms with van der Waals surface area (Å²) < 4.78 is 0. The van der Waals surface area contributed by atoms with Crippen molar-refractivity contribution in [2.24, 2.45) is 5.41 Å². The van der Waals surface area contributed by atoms with Gasteiger partial charge in [0.2, 0.25) is 0 Å². The van der Waals surface area contributed by atoms with E-state index in [2.05, 4.69) is 11.5 Å². The Labute approximate surface area is 68.1 Å². The van der Waals surface area contributed by atoms with Crippen LogP contribution in [0.5, 0.6) is 0 Å². The zero-order valence-electron chi connectivity index (χ0n) is 6.97. The fraction of sp³-hybridized carbons (Fsp3) is 0.800. The van der Waals surface area contributed by atoms with Crippen molar-refractivity contribution in [1.82, 2.24) is 4.90 Å². The molecule has 1 unspecified atom stereocenters. The van der Waals surface area contributed by atoms with E-state index in [1.807, 2.05) is 0 Å². The van der Waals surface area contributed by atoms with Gasteiger partial charge in [0, 0.05) is 12.6 Å². The molecule has 0 radical (unpaired) electrons. The molecule has 0 aromatic heterocycles. The highest BCUT2D eigenvalue weighted by molar-refractivity contribution is 5.19. The fourth-order valence-corrected chi connectivity index (χ4v) is 2.98. The predicted octanol–water partition coefficient (Wildman–Crippen LogP) is 1.80. The molecule has 2 saturated heterocycles. The second-order valence-electron chi connectivity index (χ2n) is 4.55. The van der Waals surface area contributed by atoms with Crippen molar-refractivity contribution < 1.29 is 0 Å². The third-order valence-electron chi connectivity index (χ3n) is 3.85. The molecule has 3 aliphatic rings. The van der Waals surface area contributed by atoms with E-state index in [1.165, 1.54) is 44.3 Å². The third-order valence-corrected chi connectivity index (χ3v) is 3.85. The highest BCUT2D eigenvalue weighted by Crippen LogP contribution is 2.59. The SMILES string of the molecule is C=C1CC2N(CCC23CC3)C1. The van der Waals surface area contributed by atoms with Crippen molar-refractivity contribution in [3.05, 3.63) is 12.2 Å². The minimum atomic E-state index is 0.791. The number of fused-ring (bicyclic) bond motifs is 2. The lowest BCUT2D eigenvalue weighted by Gasteiger charge is -2.18. The molecule has 60 valence electrons. The molecule has 3 fully saturated rings. The molecule has 1 heteroatoms. The zero-order valence-corrected chi connectivity index (χ0v) is 6.97. The van der Waals surface area contributed by atoms with Crippen LogP contribution < -0.4 is 0 Å². The maximum Gasteiger partial charge on any atom is 0.0194 e. The standard InChI is InChI=1S/C10H15N/c1-8-6-9-10(2-3-10)4-5-11(9)7-8/h9H,1-7H2. The van der Waals surface area contributed by atoms with E-state index in [9.17, 15) is 0 Å². The lowest BCUT2D eigenvalue weighted by molar-refractivity contribution is 0.281. The molecule has 1 aliphatic carbocycles. The van der Waals surface area contributed by atoms with Gasteiger partial charge in [-0.05, 0) is 37.6 Å². The third kappa shape index (κ3) is 0.698. The van der Waals surface area contributed by atoms with Gasteiger partial charge in [-0.25, -0.2) is 0 Å². The first-order valence-electron chi connectivity index (χ1n) is 4.71. The van der Waals surface area contributed by atoms with Gasteiger partial charge >= 0.3 is 0 Å². The summed E-state index contributed by atoms with van der Waals surface area (Å²) >= 11 is 0. The summed E-state index contributed by atoms with van der Waals surface area (Å²) in [5, 5.41) is 0. The smallest absolute Gasteiger partial charge is 0.0194 e. The Balaban J connectivity index is 1.91. The van der Waals surface area contributed by atoms with Crippen LogP contribution in [0, 0.1) is 5.41 Å². The molecule has 0 N–H and O–H groups in total. The normalized spacial score (nSPS) is 40.0. The van der Waals surface area contributed by atoms with Gasteiger partial charge < -0.3 is 0 Å². The van der Waals surface area contributed by atoms with Gasteiger partial charge in [-0.2, -0.15) is 0 Å². The molecule has 0 amide bonds. The molecule has 0 aromatic rings. The van der Waals surface area contributed by atoms with E-state index in [0.29, 0.717) is 0 Å². The van der Waals surface area contributed by atoms with Crippen LogP contribution >= 0.6 is 0 Å². The van der Waals surface area contributed by atoms with E-state index in [4.69, 9.17) is 0 Å². The second-order valence-corrected chi connectivity index (χ2v) is 4.55. The van der Waals surface area contributed by atoms with Gasteiger partial charge in [-0.15, -0.1) is 0 Å². The van der Waals surface area contributed by atoms with Crippen LogP contribution in [0.1, 0.15) is 25.7 Å². The van der Waals surface area contributed by atoms with E-state index in [1.54, 1.807) is 0 Å². The van der Waals surface area contributed by atoms with Crippen LogP contribution in [0.2, 0.25) is 0 Å². The summed E-state index contributed by atoms with van der Waals surface area (Å²) in [5.74, 6) is 0. The Hall–Kier alpha value is -0.300. The molecule has 1 spiro atoms. The number of nitrogens with zero attached hydrogens (tertiary/aromatic N) is 1. The summed E-state index contributed by atoms with van der Waals surface area (Å²) in [7, 11) is 0. The lowest BCUT2D eigenvalue weighted by atomic mass is 9.94. The van der Waals surface area contributed by atoms with Crippen LogP contribution in [-0.4, -0.2) is 24.0 Å². The Morgan fingerprint density at radius 2 is 2.18 bits per heavy atom. The van der Waals surface area contributed by atoms with Crippen LogP contribution in [0.25, 0.3) is 0 Å². The van der Waals surface area contributed by atoms with Crippen molar-refractivity contribution in [2.45, 2.75) is 31.7 Å². The van der Waals surface area contributed by atoms with Gasteiger partial charge in [-0.3, -0.25) is 4.90 Å².